The molecule has 1 aliphatic heterocycles. The predicted molar refractivity (Wildman–Crippen MR) is 146 cm³/mol. The molecule has 0 unspecified atom stereocenters. The highest BCUT2D eigenvalue weighted by atomic mass is 16.3. The van der Waals surface area contributed by atoms with Crippen LogP contribution in [0.2, 0.25) is 0 Å². The smallest absolute Gasteiger partial charge is 0.278 e. The van der Waals surface area contributed by atoms with Gasteiger partial charge < -0.3 is 15.7 Å². The summed E-state index contributed by atoms with van der Waals surface area (Å²) in [6.45, 7) is 13.2. The first-order chi connectivity index (χ1) is 17.5. The van der Waals surface area contributed by atoms with Crippen LogP contribution in [0.15, 0.2) is 47.5 Å². The van der Waals surface area contributed by atoms with Gasteiger partial charge in [0.15, 0.2) is 5.65 Å². The number of nitrogens with one attached hydrogen (secondary N) is 2. The summed E-state index contributed by atoms with van der Waals surface area (Å²) in [5.74, 6) is 0.419. The van der Waals surface area contributed by atoms with Crippen molar-refractivity contribution in [3.8, 4) is 5.69 Å². The quantitative estimate of drug-likeness (QED) is 0.366. The molecule has 1 aromatic carbocycles. The maximum absolute atomic E-state index is 13.4. The van der Waals surface area contributed by atoms with Crippen LogP contribution in [-0.4, -0.2) is 41.6 Å². The van der Waals surface area contributed by atoms with Gasteiger partial charge in [-0.05, 0) is 76.1 Å². The van der Waals surface area contributed by atoms with E-state index in [1.807, 2.05) is 50.6 Å². The van der Waals surface area contributed by atoms with Crippen LogP contribution in [0.1, 0.15) is 64.4 Å². The second-order valence-corrected chi connectivity index (χ2v) is 11.1. The molecule has 0 aliphatic carbocycles. The molecular weight excluding hydrogens is 466 g/mol. The van der Waals surface area contributed by atoms with Gasteiger partial charge in [-0.15, -0.1) is 0 Å². The fourth-order valence-electron chi connectivity index (χ4n) is 4.66. The number of aromatic nitrogens is 5. The molecule has 0 amide bonds. The van der Waals surface area contributed by atoms with Crippen molar-refractivity contribution in [3.63, 3.8) is 0 Å². The summed E-state index contributed by atoms with van der Waals surface area (Å²) < 4.78 is 3.52. The van der Waals surface area contributed by atoms with E-state index in [0.717, 1.165) is 36.6 Å². The average molecular weight is 502 g/mol. The Morgan fingerprint density at radius 1 is 1.08 bits per heavy atom. The highest BCUT2D eigenvalue weighted by Crippen LogP contribution is 2.34. The van der Waals surface area contributed by atoms with E-state index in [2.05, 4.69) is 32.7 Å². The molecular formula is C28H35N7O2. The summed E-state index contributed by atoms with van der Waals surface area (Å²) in [7, 11) is 0. The van der Waals surface area contributed by atoms with Crippen LogP contribution in [0.4, 0.5) is 11.6 Å². The van der Waals surface area contributed by atoms with Gasteiger partial charge >= 0.3 is 0 Å². The number of hydrogen-bond donors (Lipinski definition) is 3. The first-order valence-electron chi connectivity index (χ1n) is 12.8. The Bertz CT molecular complexity index is 1530. The Balaban J connectivity index is 1.63. The number of pyridine rings is 1. The van der Waals surface area contributed by atoms with Gasteiger partial charge in [0, 0.05) is 36.1 Å². The summed E-state index contributed by atoms with van der Waals surface area (Å²) in [5.41, 5.74) is 3.72. The van der Waals surface area contributed by atoms with Crippen molar-refractivity contribution in [2.24, 2.45) is 0 Å². The molecule has 0 bridgehead atoms. The normalized spacial score (nSPS) is 14.3. The van der Waals surface area contributed by atoms with Gasteiger partial charge in [0.1, 0.15) is 5.39 Å². The minimum atomic E-state index is -1.00. The SMILES string of the molecule is CC(C)n1c(=O)c2cnc(Nc3ccc4c(c3)CCNC4)nc2n1-c1ccnc(C(C)(C)C(C)(C)O)c1. The molecule has 0 saturated heterocycles. The molecule has 0 fully saturated rings. The van der Waals surface area contributed by atoms with E-state index < -0.39 is 11.0 Å². The third-order valence-corrected chi connectivity index (χ3v) is 7.62. The van der Waals surface area contributed by atoms with Crippen LogP contribution in [-0.2, 0) is 18.4 Å². The van der Waals surface area contributed by atoms with Gasteiger partial charge in [-0.1, -0.05) is 19.9 Å². The zero-order valence-electron chi connectivity index (χ0n) is 22.3. The summed E-state index contributed by atoms with van der Waals surface area (Å²) >= 11 is 0. The molecule has 0 radical (unpaired) electrons. The fourth-order valence-corrected chi connectivity index (χ4v) is 4.66. The highest BCUT2D eigenvalue weighted by molar-refractivity contribution is 5.77. The van der Waals surface area contributed by atoms with Crippen LogP contribution in [0.25, 0.3) is 16.7 Å². The zero-order chi connectivity index (χ0) is 26.5. The van der Waals surface area contributed by atoms with E-state index in [1.54, 1.807) is 30.9 Å². The standard InChI is InChI=1S/C28H35N7O2/c1-17(2)34-25(36)22-16-31-26(32-20-8-7-19-15-29-11-9-18(19)13-20)33-24(22)35(34)21-10-12-30-23(14-21)27(3,4)28(5,6)37/h7-8,10,12-14,16-17,29,37H,9,11,15H2,1-6H3,(H,31,32,33). The molecule has 4 aromatic rings. The Morgan fingerprint density at radius 2 is 1.86 bits per heavy atom. The Hall–Kier alpha value is -3.56. The third kappa shape index (κ3) is 4.42. The first-order valence-corrected chi connectivity index (χ1v) is 12.8. The van der Waals surface area contributed by atoms with Crippen LogP contribution in [0.5, 0.6) is 0 Å². The summed E-state index contributed by atoms with van der Waals surface area (Å²) in [5, 5.41) is 18.0. The van der Waals surface area contributed by atoms with Gasteiger partial charge in [-0.2, -0.15) is 4.98 Å². The van der Waals surface area contributed by atoms with Crippen LogP contribution in [0.3, 0.4) is 0 Å². The minimum Gasteiger partial charge on any atom is -0.390 e. The molecule has 0 atom stereocenters. The van der Waals surface area contributed by atoms with Crippen molar-refractivity contribution >= 4 is 22.7 Å². The molecule has 1 aliphatic rings. The number of rotatable bonds is 6. The molecule has 0 saturated carbocycles. The zero-order valence-corrected chi connectivity index (χ0v) is 22.3. The minimum absolute atomic E-state index is 0.119. The Labute approximate surface area is 216 Å². The summed E-state index contributed by atoms with van der Waals surface area (Å²) in [4.78, 5) is 27.2. The maximum Gasteiger partial charge on any atom is 0.278 e. The number of hydrogen-bond acceptors (Lipinski definition) is 7. The molecule has 9 nitrogen and oxygen atoms in total. The van der Waals surface area contributed by atoms with Crippen molar-refractivity contribution in [3.05, 3.63) is 69.9 Å². The van der Waals surface area contributed by atoms with Gasteiger partial charge in [-0.3, -0.25) is 9.78 Å². The molecule has 4 heterocycles. The maximum atomic E-state index is 13.4. The average Bonchev–Trinajstić information content (AvgIpc) is 3.15. The van der Waals surface area contributed by atoms with Crippen molar-refractivity contribution in [1.29, 1.82) is 0 Å². The van der Waals surface area contributed by atoms with Gasteiger partial charge in [0.2, 0.25) is 5.95 Å². The van der Waals surface area contributed by atoms with Crippen molar-refractivity contribution in [1.82, 2.24) is 29.6 Å². The molecule has 5 rings (SSSR count). The molecule has 37 heavy (non-hydrogen) atoms. The fraction of sp³-hybridized carbons (Fsp3) is 0.429. The number of nitrogens with zero attached hydrogens (tertiary/aromatic N) is 5. The molecule has 9 heteroatoms. The lowest BCUT2D eigenvalue weighted by Crippen LogP contribution is -2.43. The van der Waals surface area contributed by atoms with E-state index in [0.29, 0.717) is 17.0 Å². The number of fused-ring (bicyclic) bond motifs is 2. The van der Waals surface area contributed by atoms with Gasteiger partial charge in [-0.25, -0.2) is 14.3 Å². The van der Waals surface area contributed by atoms with Gasteiger partial charge in [0.25, 0.3) is 5.56 Å². The lowest BCUT2D eigenvalue weighted by Gasteiger charge is -2.36. The van der Waals surface area contributed by atoms with Crippen molar-refractivity contribution in [2.75, 3.05) is 11.9 Å². The number of anilines is 2. The Morgan fingerprint density at radius 3 is 2.59 bits per heavy atom. The first kappa shape index (κ1) is 25.1. The van der Waals surface area contributed by atoms with E-state index in [9.17, 15) is 9.90 Å². The van der Waals surface area contributed by atoms with Crippen LogP contribution in [0, 0.1) is 0 Å². The number of aliphatic hydroxyl groups is 1. The van der Waals surface area contributed by atoms with E-state index >= 15 is 0 Å². The van der Waals surface area contributed by atoms with E-state index in [4.69, 9.17) is 4.98 Å². The second kappa shape index (κ2) is 9.08. The monoisotopic (exact) mass is 501 g/mol. The molecule has 0 spiro atoms. The lowest BCUT2D eigenvalue weighted by molar-refractivity contribution is 0.00776. The summed E-state index contributed by atoms with van der Waals surface area (Å²) in [6, 6.07) is 9.95. The molecule has 3 N–H and O–H groups in total. The predicted octanol–water partition coefficient (Wildman–Crippen LogP) is 4.00. The second-order valence-electron chi connectivity index (χ2n) is 11.1. The van der Waals surface area contributed by atoms with Crippen molar-refractivity contribution in [2.45, 2.75) is 71.6 Å². The molecule has 194 valence electrons. The van der Waals surface area contributed by atoms with E-state index in [1.165, 1.54) is 11.1 Å². The molecule has 3 aromatic heterocycles. The topological polar surface area (TPSA) is 110 Å². The van der Waals surface area contributed by atoms with E-state index in [-0.39, 0.29) is 11.6 Å². The van der Waals surface area contributed by atoms with Crippen LogP contribution < -0.4 is 16.2 Å². The third-order valence-electron chi connectivity index (χ3n) is 7.62. The van der Waals surface area contributed by atoms with Crippen LogP contribution >= 0.6 is 0 Å². The summed E-state index contributed by atoms with van der Waals surface area (Å²) in [6.07, 6.45) is 4.28. The Kier molecular flexibility index (Phi) is 6.16. The largest absolute Gasteiger partial charge is 0.390 e. The highest BCUT2D eigenvalue weighted by Gasteiger charge is 2.38. The van der Waals surface area contributed by atoms with Crippen molar-refractivity contribution < 1.29 is 5.11 Å². The number of benzene rings is 1. The lowest BCUT2D eigenvalue weighted by atomic mass is 9.74. The van der Waals surface area contributed by atoms with Gasteiger partial charge in [0.05, 0.1) is 17.0 Å².